The molecule has 21 heavy (non-hydrogen) atoms. The second kappa shape index (κ2) is 36.1. The molecule has 0 bridgehead atoms. The van der Waals surface area contributed by atoms with Crippen molar-refractivity contribution in [1.82, 2.24) is 0 Å². The Bertz CT molecular complexity index is 195. The Balaban J connectivity index is -0.0000000331. The number of nitrogens with two attached hydrogens (primary N) is 1. The topological polar surface area (TPSA) is 199 Å². The molecule has 11 heteroatoms. The Hall–Kier alpha value is -2.21. The fourth-order valence-corrected chi connectivity index (χ4v) is 0. The third-order valence-electron chi connectivity index (χ3n) is 0.144. The molecule has 10 nitrogen and oxygen atoms in total. The van der Waals surface area contributed by atoms with Gasteiger partial charge in [0.15, 0.2) is 23.9 Å². The van der Waals surface area contributed by atoms with Crippen molar-refractivity contribution in [3.05, 3.63) is 33.4 Å². The Labute approximate surface area is 133 Å². The van der Waals surface area contributed by atoms with Gasteiger partial charge in [0.05, 0.1) is 0 Å². The molecule has 0 aliphatic rings. The van der Waals surface area contributed by atoms with E-state index in [1.165, 1.54) is 0 Å². The number of carboxylic acids is 4. The summed E-state index contributed by atoms with van der Waals surface area (Å²) >= 11 is 0. The van der Waals surface area contributed by atoms with Crippen molar-refractivity contribution < 1.29 is 56.4 Å². The van der Waals surface area contributed by atoms with Crippen LogP contribution in [0.3, 0.4) is 0 Å². The molecule has 0 saturated carbocycles. The Kier molecular flexibility index (Phi) is 62.5. The second-order valence-electron chi connectivity index (χ2n) is 2.11. The summed E-state index contributed by atoms with van der Waals surface area (Å²) in [6.07, 6.45) is 0. The van der Waals surface area contributed by atoms with Crippen LogP contribution < -0.4 is 5.73 Å². The van der Waals surface area contributed by atoms with E-state index < -0.39 is 23.9 Å². The van der Waals surface area contributed by atoms with E-state index in [2.05, 4.69) is 27.7 Å². The maximum atomic E-state index is 8.89. The molecule has 0 heterocycles. The van der Waals surface area contributed by atoms with Gasteiger partial charge in [0.25, 0.3) is 0 Å². The number of aliphatic carboxylic acids is 4. The third kappa shape index (κ3) is 3010. The Morgan fingerprint density at radius 3 is 0.810 bits per heavy atom. The smallest absolute Gasteiger partial charge is 0.161 e. The zero-order valence-electron chi connectivity index (χ0n) is 11.1. The van der Waals surface area contributed by atoms with Crippen molar-refractivity contribution in [2.45, 2.75) is 0 Å². The molecular weight excluding hydrogens is 335 g/mol. The molecule has 0 atom stereocenters. The predicted octanol–water partition coefficient (Wildman–Crippen LogP) is -0.385. The molecule has 0 aliphatic heterocycles. The van der Waals surface area contributed by atoms with Gasteiger partial charge in [-0.3, -0.25) is 46.9 Å². The molecule has 0 aromatic heterocycles. The standard InChI is InChI=1S/C2H7N2.4C2H3O2.Co/c3-1-2-4;4*1-2(3)4;/h3H,1-2,4H2;4*1H2,(H,3,4);/q5*-1;. The van der Waals surface area contributed by atoms with Gasteiger partial charge in [0, 0.05) is 16.8 Å². The Morgan fingerprint density at radius 1 is 0.762 bits per heavy atom. The molecule has 7 N–H and O–H groups in total. The van der Waals surface area contributed by atoms with E-state index in [9.17, 15) is 0 Å². The van der Waals surface area contributed by atoms with Crippen molar-refractivity contribution in [2.24, 2.45) is 5.73 Å². The Morgan fingerprint density at radius 2 is 0.810 bits per heavy atom. The number of nitrogens with one attached hydrogen (secondary N) is 1. The van der Waals surface area contributed by atoms with Crippen LogP contribution in [0.2, 0.25) is 0 Å². The summed E-state index contributed by atoms with van der Waals surface area (Å²) in [5, 5.41) is 29.2. The van der Waals surface area contributed by atoms with Gasteiger partial charge in [0.1, 0.15) is 0 Å². The fourth-order valence-electron chi connectivity index (χ4n) is 0. The molecule has 0 aromatic rings. The van der Waals surface area contributed by atoms with Gasteiger partial charge in [-0.15, -0.1) is 6.54 Å². The van der Waals surface area contributed by atoms with Gasteiger partial charge in [-0.25, -0.2) is 0 Å². The van der Waals surface area contributed by atoms with Gasteiger partial charge in [0.2, 0.25) is 0 Å². The monoisotopic (exact) mass is 354 g/mol. The second-order valence-corrected chi connectivity index (χ2v) is 2.11. The van der Waals surface area contributed by atoms with Crippen LogP contribution >= 0.6 is 0 Å². The maximum Gasteiger partial charge on any atom is 0.161 e. The summed E-state index contributed by atoms with van der Waals surface area (Å²) in [6, 6.07) is 0. The zero-order chi connectivity index (χ0) is 17.7. The first-order chi connectivity index (χ1) is 8.84. The van der Waals surface area contributed by atoms with E-state index in [0.717, 1.165) is 0 Å². The van der Waals surface area contributed by atoms with E-state index >= 15 is 0 Å². The summed E-state index contributed by atoms with van der Waals surface area (Å²) in [7, 11) is 0. The average Bonchev–Trinajstić information content (AvgIpc) is 2.13. The van der Waals surface area contributed by atoms with Gasteiger partial charge in [-0.1, -0.05) is 0 Å². The van der Waals surface area contributed by atoms with Gasteiger partial charge >= 0.3 is 0 Å². The van der Waals surface area contributed by atoms with E-state index in [1.54, 1.807) is 0 Å². The van der Waals surface area contributed by atoms with Gasteiger partial charge in [-0.05, 0) is 6.54 Å². The molecular formula is C10H19CoN2O8-5. The molecule has 0 aromatic carbocycles. The van der Waals surface area contributed by atoms with Crippen LogP contribution in [-0.2, 0) is 36.0 Å². The summed E-state index contributed by atoms with van der Waals surface area (Å²) in [5.41, 5.74) is 11.2. The normalized spacial score (nSPS) is 6.00. The predicted molar refractivity (Wildman–Crippen MR) is 70.2 cm³/mol. The molecule has 0 fully saturated rings. The molecule has 0 saturated heterocycles. The van der Waals surface area contributed by atoms with E-state index in [1.807, 2.05) is 0 Å². The van der Waals surface area contributed by atoms with Crippen molar-refractivity contribution in [1.29, 1.82) is 0 Å². The molecule has 0 unspecified atom stereocenters. The van der Waals surface area contributed by atoms with Crippen LogP contribution in [-0.4, -0.2) is 57.4 Å². The number of hydrogen-bond donors (Lipinski definition) is 5. The number of rotatable bonds is 1. The molecule has 131 valence electrons. The number of carbonyl (C=O) groups is 4. The first-order valence-electron chi connectivity index (χ1n) is 4.39. The fraction of sp³-hybridized carbons (Fsp3) is 0.200. The minimum atomic E-state index is -1.08. The first kappa shape index (κ1) is 36.4. The minimum absolute atomic E-state index is 0. The van der Waals surface area contributed by atoms with Crippen molar-refractivity contribution >= 4 is 23.9 Å². The van der Waals surface area contributed by atoms with Gasteiger partial charge in [-0.2, -0.15) is 0 Å². The summed E-state index contributed by atoms with van der Waals surface area (Å²) in [6.45, 7) is 11.1. The molecule has 1 radical (unpaired) electrons. The van der Waals surface area contributed by atoms with Crippen LogP contribution in [0, 0.1) is 27.7 Å². The molecule has 0 spiro atoms. The van der Waals surface area contributed by atoms with Crippen molar-refractivity contribution in [2.75, 3.05) is 13.1 Å². The third-order valence-corrected chi connectivity index (χ3v) is 0.144. The molecule has 0 rings (SSSR count). The first-order valence-corrected chi connectivity index (χ1v) is 4.39. The zero-order valence-corrected chi connectivity index (χ0v) is 12.1. The van der Waals surface area contributed by atoms with Crippen molar-refractivity contribution in [3.8, 4) is 0 Å². The minimum Gasteiger partial charge on any atom is -0.676 e. The van der Waals surface area contributed by atoms with Crippen LogP contribution in [0.25, 0.3) is 5.73 Å². The number of hydrogen-bond acceptors (Lipinski definition) is 5. The van der Waals surface area contributed by atoms with E-state index in [-0.39, 0.29) is 16.8 Å². The maximum absolute atomic E-state index is 8.89. The summed E-state index contributed by atoms with van der Waals surface area (Å²) in [4.78, 5) is 35.6. The summed E-state index contributed by atoms with van der Waals surface area (Å²) in [5.74, 6) is -4.33. The SMILES string of the molecule is [CH2-]C(=O)O.[CH2-]C(=O)O.[CH2-]C(=O)O.[CH2-]C(=O)O.[Co].[NH-]CCN. The molecule has 0 amide bonds. The quantitative estimate of drug-likeness (QED) is 0.389. The van der Waals surface area contributed by atoms with Crippen molar-refractivity contribution in [3.63, 3.8) is 0 Å². The van der Waals surface area contributed by atoms with Gasteiger partial charge < -0.3 is 31.9 Å². The van der Waals surface area contributed by atoms with Crippen LogP contribution in [0.15, 0.2) is 0 Å². The van der Waals surface area contributed by atoms with Crippen LogP contribution in [0.5, 0.6) is 0 Å². The van der Waals surface area contributed by atoms with E-state index in [0.29, 0.717) is 13.1 Å². The average molecular weight is 354 g/mol. The van der Waals surface area contributed by atoms with Crippen LogP contribution in [0.1, 0.15) is 0 Å². The number of carboxylic acid groups (broad SMARTS) is 4. The summed E-state index contributed by atoms with van der Waals surface area (Å²) < 4.78 is 0. The largest absolute Gasteiger partial charge is 0.676 e. The molecule has 0 aliphatic carbocycles. The van der Waals surface area contributed by atoms with E-state index in [4.69, 9.17) is 51.1 Å². The van der Waals surface area contributed by atoms with Crippen LogP contribution in [0.4, 0.5) is 0 Å².